The lowest BCUT2D eigenvalue weighted by Gasteiger charge is -2.02. The Labute approximate surface area is 112 Å². The van der Waals surface area contributed by atoms with Crippen LogP contribution in [-0.2, 0) is 12.8 Å². The van der Waals surface area contributed by atoms with Gasteiger partial charge in [0, 0.05) is 6.08 Å². The fraction of sp³-hybridized carbons (Fsp3) is 0.125. The molecule has 0 atom stereocenters. The molecule has 0 aliphatic rings. The fourth-order valence-electron chi connectivity index (χ4n) is 1.88. The van der Waals surface area contributed by atoms with Crippen LogP contribution in [0.5, 0.6) is 0 Å². The predicted octanol–water partition coefficient (Wildman–Crippen LogP) is 3.72. The summed E-state index contributed by atoms with van der Waals surface area (Å²) in [6, 6.07) is 18.2. The minimum absolute atomic E-state index is 0.455. The van der Waals surface area contributed by atoms with E-state index in [-0.39, 0.29) is 0 Å². The van der Waals surface area contributed by atoms with Gasteiger partial charge >= 0.3 is 0 Å². The number of hydrogen-bond acceptors (Lipinski definition) is 2. The maximum Gasteiger partial charge on any atom is 0.235 e. The first-order chi connectivity index (χ1) is 9.24. The van der Waals surface area contributed by atoms with E-state index in [2.05, 4.69) is 12.1 Å². The third kappa shape index (κ3) is 4.39. The number of nitrogens with zero attached hydrogens (tertiary/aromatic N) is 1. The van der Waals surface area contributed by atoms with Gasteiger partial charge < -0.3 is 0 Å². The van der Waals surface area contributed by atoms with E-state index in [1.54, 1.807) is 0 Å². The number of hydrogen-bond donors (Lipinski definition) is 0. The maximum atomic E-state index is 10.2. The summed E-state index contributed by atoms with van der Waals surface area (Å²) in [4.78, 5) is 9.76. The molecule has 0 saturated carbocycles. The fourth-order valence-corrected chi connectivity index (χ4v) is 1.88. The third-order valence-electron chi connectivity index (χ3n) is 2.91. The summed E-state index contributed by atoms with van der Waals surface area (Å²) >= 11 is 0. The molecule has 0 bridgehead atoms. The zero-order valence-electron chi connectivity index (χ0n) is 10.5. The van der Waals surface area contributed by atoms with Gasteiger partial charge in [-0.2, -0.15) is 0 Å². The van der Waals surface area contributed by atoms with Crippen LogP contribution in [-0.4, -0.2) is 4.92 Å². The molecular weight excluding hydrogens is 238 g/mol. The van der Waals surface area contributed by atoms with Gasteiger partial charge in [-0.25, -0.2) is 0 Å². The molecule has 2 rings (SSSR count). The van der Waals surface area contributed by atoms with E-state index >= 15 is 0 Å². The first kappa shape index (κ1) is 13.0. The molecule has 0 radical (unpaired) electrons. The highest BCUT2D eigenvalue weighted by Gasteiger charge is 1.96. The van der Waals surface area contributed by atoms with Crippen LogP contribution in [0.2, 0.25) is 0 Å². The molecule has 3 nitrogen and oxygen atoms in total. The molecule has 96 valence electrons. The minimum Gasteiger partial charge on any atom is -0.259 e. The van der Waals surface area contributed by atoms with E-state index in [1.807, 2.05) is 42.5 Å². The number of aryl methyl sites for hydroxylation is 2. The second-order valence-corrected chi connectivity index (χ2v) is 4.33. The van der Waals surface area contributed by atoms with Gasteiger partial charge in [-0.15, -0.1) is 0 Å². The molecule has 0 N–H and O–H groups in total. The Bertz CT molecular complexity index is 559. The highest BCUT2D eigenvalue weighted by Crippen LogP contribution is 2.10. The SMILES string of the molecule is O=[N+]([O-])/C=C/c1ccc(CCc2ccccc2)cc1. The normalized spacial score (nSPS) is 10.7. The van der Waals surface area contributed by atoms with E-state index in [9.17, 15) is 10.1 Å². The summed E-state index contributed by atoms with van der Waals surface area (Å²) < 4.78 is 0. The van der Waals surface area contributed by atoms with Crippen molar-refractivity contribution in [2.45, 2.75) is 12.8 Å². The van der Waals surface area contributed by atoms with Crippen LogP contribution in [0.15, 0.2) is 60.8 Å². The smallest absolute Gasteiger partial charge is 0.235 e. The van der Waals surface area contributed by atoms with Crippen molar-refractivity contribution in [1.82, 2.24) is 0 Å². The van der Waals surface area contributed by atoms with Crippen molar-refractivity contribution in [3.8, 4) is 0 Å². The minimum atomic E-state index is -0.455. The second-order valence-electron chi connectivity index (χ2n) is 4.33. The summed E-state index contributed by atoms with van der Waals surface area (Å²) in [5.41, 5.74) is 3.40. The summed E-state index contributed by atoms with van der Waals surface area (Å²) in [6.07, 6.45) is 4.44. The lowest BCUT2D eigenvalue weighted by atomic mass is 10.0. The molecular formula is C16H15NO2. The molecule has 0 saturated heterocycles. The lowest BCUT2D eigenvalue weighted by Crippen LogP contribution is -1.91. The van der Waals surface area contributed by atoms with Gasteiger partial charge in [0.2, 0.25) is 6.20 Å². The van der Waals surface area contributed by atoms with Crippen LogP contribution < -0.4 is 0 Å². The molecule has 0 fully saturated rings. The van der Waals surface area contributed by atoms with Crippen molar-refractivity contribution >= 4 is 6.08 Å². The maximum absolute atomic E-state index is 10.2. The summed E-state index contributed by atoms with van der Waals surface area (Å²) in [5.74, 6) is 0. The predicted molar refractivity (Wildman–Crippen MR) is 76.3 cm³/mol. The van der Waals surface area contributed by atoms with Crippen LogP contribution >= 0.6 is 0 Å². The number of benzene rings is 2. The quantitative estimate of drug-likeness (QED) is 0.602. The van der Waals surface area contributed by atoms with Crippen molar-refractivity contribution in [3.63, 3.8) is 0 Å². The van der Waals surface area contributed by atoms with E-state index < -0.39 is 4.92 Å². The Morgan fingerprint density at radius 2 is 1.47 bits per heavy atom. The van der Waals surface area contributed by atoms with Gasteiger partial charge in [0.15, 0.2) is 0 Å². The van der Waals surface area contributed by atoms with Gasteiger partial charge in [-0.05, 0) is 29.5 Å². The Kier molecular flexibility index (Phi) is 4.45. The van der Waals surface area contributed by atoms with E-state index in [0.717, 1.165) is 24.6 Å². The summed E-state index contributed by atoms with van der Waals surface area (Å²) in [5, 5.41) is 10.2. The average molecular weight is 253 g/mol. The lowest BCUT2D eigenvalue weighted by molar-refractivity contribution is -0.400. The van der Waals surface area contributed by atoms with Gasteiger partial charge in [-0.3, -0.25) is 10.1 Å². The third-order valence-corrected chi connectivity index (χ3v) is 2.91. The van der Waals surface area contributed by atoms with Gasteiger partial charge in [0.1, 0.15) is 0 Å². The molecule has 2 aromatic rings. The van der Waals surface area contributed by atoms with Gasteiger partial charge in [-0.1, -0.05) is 54.6 Å². The molecule has 0 spiro atoms. The van der Waals surface area contributed by atoms with E-state index in [1.165, 1.54) is 17.2 Å². The molecule has 0 amide bonds. The molecule has 0 aliphatic heterocycles. The summed E-state index contributed by atoms with van der Waals surface area (Å²) in [7, 11) is 0. The zero-order chi connectivity index (χ0) is 13.5. The standard InChI is InChI=1S/C16H15NO2/c18-17(19)13-12-16-10-8-15(9-11-16)7-6-14-4-2-1-3-5-14/h1-5,8-13H,6-7H2/b13-12+. The Hall–Kier alpha value is -2.42. The first-order valence-corrected chi connectivity index (χ1v) is 6.18. The topological polar surface area (TPSA) is 43.1 Å². The van der Waals surface area contributed by atoms with Crippen molar-refractivity contribution in [1.29, 1.82) is 0 Å². The zero-order valence-corrected chi connectivity index (χ0v) is 10.5. The van der Waals surface area contributed by atoms with Crippen LogP contribution in [0, 0.1) is 10.1 Å². The number of nitro groups is 1. The Balaban J connectivity index is 1.94. The summed E-state index contributed by atoms with van der Waals surface area (Å²) in [6.45, 7) is 0. The highest BCUT2D eigenvalue weighted by atomic mass is 16.6. The highest BCUT2D eigenvalue weighted by molar-refractivity contribution is 5.48. The van der Waals surface area contributed by atoms with Crippen LogP contribution in [0.1, 0.15) is 16.7 Å². The van der Waals surface area contributed by atoms with E-state index in [4.69, 9.17) is 0 Å². The molecule has 19 heavy (non-hydrogen) atoms. The van der Waals surface area contributed by atoms with Crippen molar-refractivity contribution in [3.05, 3.63) is 87.6 Å². The second kappa shape index (κ2) is 6.50. The molecule has 0 heterocycles. The van der Waals surface area contributed by atoms with Crippen molar-refractivity contribution in [2.24, 2.45) is 0 Å². The molecule has 2 aromatic carbocycles. The molecule has 0 aromatic heterocycles. The first-order valence-electron chi connectivity index (χ1n) is 6.18. The average Bonchev–Trinajstić information content (AvgIpc) is 2.45. The Morgan fingerprint density at radius 1 is 0.895 bits per heavy atom. The van der Waals surface area contributed by atoms with Crippen molar-refractivity contribution < 1.29 is 4.92 Å². The van der Waals surface area contributed by atoms with E-state index in [0.29, 0.717) is 0 Å². The largest absolute Gasteiger partial charge is 0.259 e. The van der Waals surface area contributed by atoms with Gasteiger partial charge in [0.05, 0.1) is 4.92 Å². The van der Waals surface area contributed by atoms with Gasteiger partial charge in [0.25, 0.3) is 0 Å². The molecule has 0 aliphatic carbocycles. The molecule has 0 unspecified atom stereocenters. The Morgan fingerprint density at radius 3 is 2.05 bits per heavy atom. The number of rotatable bonds is 5. The van der Waals surface area contributed by atoms with Crippen molar-refractivity contribution in [2.75, 3.05) is 0 Å². The monoisotopic (exact) mass is 253 g/mol. The van der Waals surface area contributed by atoms with Crippen LogP contribution in [0.4, 0.5) is 0 Å². The molecule has 3 heteroatoms. The van der Waals surface area contributed by atoms with Crippen LogP contribution in [0.25, 0.3) is 6.08 Å². The van der Waals surface area contributed by atoms with Crippen LogP contribution in [0.3, 0.4) is 0 Å².